The fourth-order valence-electron chi connectivity index (χ4n) is 1.44. The van der Waals surface area contributed by atoms with E-state index in [1.165, 1.54) is 36.4 Å². The van der Waals surface area contributed by atoms with Crippen molar-refractivity contribution in [2.75, 3.05) is 5.73 Å². The first kappa shape index (κ1) is 14.0. The molecule has 0 radical (unpaired) electrons. The maximum atomic E-state index is 11.1. The van der Waals surface area contributed by atoms with Crippen molar-refractivity contribution < 1.29 is 13.5 Å². The Morgan fingerprint density at radius 3 is 2.20 bits per heavy atom. The summed E-state index contributed by atoms with van der Waals surface area (Å²) in [5.41, 5.74) is 6.59. The van der Waals surface area contributed by atoms with Gasteiger partial charge in [0, 0.05) is 11.8 Å². The molecule has 0 unspecified atom stereocenters. The minimum absolute atomic E-state index is 0.00761. The van der Waals surface area contributed by atoms with Gasteiger partial charge in [0.25, 0.3) is 0 Å². The third-order valence-electron chi connectivity index (χ3n) is 2.44. The summed E-state index contributed by atoms with van der Waals surface area (Å²) in [4.78, 5) is -0.00761. The fourth-order valence-corrected chi connectivity index (χ4v) is 1.95. The second-order valence-corrected chi connectivity index (χ2v) is 5.55. The van der Waals surface area contributed by atoms with Gasteiger partial charge in [-0.2, -0.15) is 5.11 Å². The normalized spacial score (nSPS) is 11.8. The van der Waals surface area contributed by atoms with Crippen molar-refractivity contribution in [3.05, 3.63) is 42.5 Å². The Hall–Kier alpha value is -2.45. The van der Waals surface area contributed by atoms with Gasteiger partial charge in [-0.25, -0.2) is 13.6 Å². The topological polar surface area (TPSA) is 131 Å². The van der Waals surface area contributed by atoms with E-state index in [1.54, 1.807) is 6.07 Å². The van der Waals surface area contributed by atoms with Gasteiger partial charge in [-0.1, -0.05) is 0 Å². The van der Waals surface area contributed by atoms with Gasteiger partial charge in [-0.3, -0.25) is 0 Å². The first-order chi connectivity index (χ1) is 9.36. The molecule has 104 valence electrons. The standard InChI is InChI=1S/C12H12N4O3S/c13-8-1-6-11(12(17)7-8)16-15-9-2-4-10(5-3-9)20(14,18)19/h1-7,17H,13H2,(H2,14,18,19). The first-order valence-electron chi connectivity index (χ1n) is 5.49. The summed E-state index contributed by atoms with van der Waals surface area (Å²) in [6.07, 6.45) is 0. The maximum absolute atomic E-state index is 11.1. The Kier molecular flexibility index (Phi) is 3.68. The Bertz CT molecular complexity index is 755. The number of azo groups is 1. The molecule has 0 bridgehead atoms. The van der Waals surface area contributed by atoms with E-state index in [0.717, 1.165) is 0 Å². The lowest BCUT2D eigenvalue weighted by molar-refractivity contribution is 0.476. The molecule has 2 rings (SSSR count). The van der Waals surface area contributed by atoms with Crippen molar-refractivity contribution in [2.45, 2.75) is 4.90 Å². The quantitative estimate of drug-likeness (QED) is 0.590. The van der Waals surface area contributed by atoms with E-state index in [0.29, 0.717) is 11.4 Å². The first-order valence-corrected chi connectivity index (χ1v) is 7.04. The average Bonchev–Trinajstić information content (AvgIpc) is 2.37. The molecule has 5 N–H and O–H groups in total. The zero-order valence-corrected chi connectivity index (χ0v) is 11.1. The number of rotatable bonds is 3. The average molecular weight is 292 g/mol. The van der Waals surface area contributed by atoms with Crippen molar-refractivity contribution in [2.24, 2.45) is 15.4 Å². The molecule has 0 aliphatic heterocycles. The van der Waals surface area contributed by atoms with Gasteiger partial charge < -0.3 is 10.8 Å². The summed E-state index contributed by atoms with van der Waals surface area (Å²) in [6.45, 7) is 0. The lowest BCUT2D eigenvalue weighted by Crippen LogP contribution is -2.11. The van der Waals surface area contributed by atoms with Crippen LogP contribution in [0.3, 0.4) is 0 Å². The molecular formula is C12H12N4O3S. The number of nitrogens with zero attached hydrogens (tertiary/aromatic N) is 2. The van der Waals surface area contributed by atoms with Crippen LogP contribution in [0, 0.1) is 0 Å². The van der Waals surface area contributed by atoms with Crippen LogP contribution in [0.25, 0.3) is 0 Å². The van der Waals surface area contributed by atoms with Gasteiger partial charge in [-0.05, 0) is 36.4 Å². The summed E-state index contributed by atoms with van der Waals surface area (Å²) in [7, 11) is -3.72. The molecule has 0 aliphatic carbocycles. The third kappa shape index (κ3) is 3.31. The molecule has 0 heterocycles. The van der Waals surface area contributed by atoms with Crippen molar-refractivity contribution in [1.29, 1.82) is 0 Å². The number of phenolic OH excluding ortho intramolecular Hbond substituents is 1. The Balaban J connectivity index is 2.24. The van der Waals surface area contributed by atoms with Crippen LogP contribution in [0.4, 0.5) is 17.1 Å². The lowest BCUT2D eigenvalue weighted by Gasteiger charge is -2.00. The zero-order chi connectivity index (χ0) is 14.8. The van der Waals surface area contributed by atoms with Crippen LogP contribution in [-0.4, -0.2) is 13.5 Å². The molecule has 0 saturated carbocycles. The van der Waals surface area contributed by atoms with E-state index in [-0.39, 0.29) is 16.3 Å². The van der Waals surface area contributed by atoms with E-state index in [4.69, 9.17) is 10.9 Å². The number of nitrogens with two attached hydrogens (primary N) is 2. The largest absolute Gasteiger partial charge is 0.506 e. The summed E-state index contributed by atoms with van der Waals surface area (Å²) >= 11 is 0. The molecule has 20 heavy (non-hydrogen) atoms. The zero-order valence-electron chi connectivity index (χ0n) is 10.3. The maximum Gasteiger partial charge on any atom is 0.238 e. The van der Waals surface area contributed by atoms with Crippen LogP contribution < -0.4 is 10.9 Å². The van der Waals surface area contributed by atoms with Gasteiger partial charge in [0.2, 0.25) is 10.0 Å². The number of anilines is 1. The van der Waals surface area contributed by atoms with Crippen LogP contribution in [0.2, 0.25) is 0 Å². The van der Waals surface area contributed by atoms with E-state index in [1.807, 2.05) is 0 Å². The highest BCUT2D eigenvalue weighted by atomic mass is 32.2. The predicted octanol–water partition coefficient (Wildman–Crippen LogP) is 2.04. The number of benzene rings is 2. The molecule has 0 aliphatic rings. The Morgan fingerprint density at radius 1 is 1.00 bits per heavy atom. The molecule has 2 aromatic carbocycles. The van der Waals surface area contributed by atoms with Crippen LogP contribution in [0.1, 0.15) is 0 Å². The number of aromatic hydroxyl groups is 1. The lowest BCUT2D eigenvalue weighted by atomic mass is 10.3. The van der Waals surface area contributed by atoms with Crippen LogP contribution in [0.15, 0.2) is 57.6 Å². The van der Waals surface area contributed by atoms with Crippen molar-refractivity contribution in [1.82, 2.24) is 0 Å². The smallest absolute Gasteiger partial charge is 0.238 e. The monoisotopic (exact) mass is 292 g/mol. The molecule has 0 atom stereocenters. The van der Waals surface area contributed by atoms with E-state index in [9.17, 15) is 13.5 Å². The van der Waals surface area contributed by atoms with Crippen LogP contribution in [0.5, 0.6) is 5.75 Å². The molecule has 8 heteroatoms. The number of hydrogen-bond donors (Lipinski definition) is 3. The van der Waals surface area contributed by atoms with Gasteiger partial charge in [0.1, 0.15) is 11.4 Å². The number of primary sulfonamides is 1. The van der Waals surface area contributed by atoms with Crippen LogP contribution in [-0.2, 0) is 10.0 Å². The summed E-state index contributed by atoms with van der Waals surface area (Å²) in [5.74, 6) is -0.0880. The van der Waals surface area contributed by atoms with Crippen molar-refractivity contribution in [3.8, 4) is 5.75 Å². The highest BCUT2D eigenvalue weighted by Gasteiger charge is 2.06. The molecule has 2 aromatic rings. The number of phenols is 1. The summed E-state index contributed by atoms with van der Waals surface area (Å²) in [6, 6.07) is 10.0. The number of hydrogen-bond acceptors (Lipinski definition) is 6. The molecule has 0 fully saturated rings. The SMILES string of the molecule is Nc1ccc(N=Nc2ccc(S(N)(=O)=O)cc2)c(O)c1. The van der Waals surface area contributed by atoms with Crippen molar-refractivity contribution >= 4 is 27.1 Å². The fraction of sp³-hybridized carbons (Fsp3) is 0. The predicted molar refractivity (Wildman–Crippen MR) is 74.5 cm³/mol. The number of nitrogen functional groups attached to an aromatic ring is 1. The molecule has 7 nitrogen and oxygen atoms in total. The molecule has 0 aromatic heterocycles. The Labute approximate surface area is 115 Å². The molecule has 0 saturated heterocycles. The van der Waals surface area contributed by atoms with Gasteiger partial charge in [-0.15, -0.1) is 5.11 Å². The second-order valence-electron chi connectivity index (χ2n) is 3.99. The molecule has 0 amide bonds. The van der Waals surface area contributed by atoms with E-state index in [2.05, 4.69) is 10.2 Å². The molecule has 0 spiro atoms. The van der Waals surface area contributed by atoms with E-state index < -0.39 is 10.0 Å². The van der Waals surface area contributed by atoms with Crippen molar-refractivity contribution in [3.63, 3.8) is 0 Å². The van der Waals surface area contributed by atoms with E-state index >= 15 is 0 Å². The minimum Gasteiger partial charge on any atom is -0.506 e. The van der Waals surface area contributed by atoms with Gasteiger partial charge in [0.05, 0.1) is 10.6 Å². The highest BCUT2D eigenvalue weighted by Crippen LogP contribution is 2.29. The van der Waals surface area contributed by atoms with Gasteiger partial charge >= 0.3 is 0 Å². The minimum atomic E-state index is -3.72. The third-order valence-corrected chi connectivity index (χ3v) is 3.37. The summed E-state index contributed by atoms with van der Waals surface area (Å²) < 4.78 is 22.2. The second kappa shape index (κ2) is 5.27. The van der Waals surface area contributed by atoms with Gasteiger partial charge in [0.15, 0.2) is 0 Å². The number of sulfonamides is 1. The summed E-state index contributed by atoms with van der Waals surface area (Å²) in [5, 5.41) is 22.3. The Morgan fingerprint density at radius 2 is 1.65 bits per heavy atom. The highest BCUT2D eigenvalue weighted by molar-refractivity contribution is 7.89. The molecular weight excluding hydrogens is 280 g/mol. The van der Waals surface area contributed by atoms with Crippen LogP contribution >= 0.6 is 0 Å².